The van der Waals surface area contributed by atoms with Crippen molar-refractivity contribution in [2.24, 2.45) is 18.7 Å². The number of nitrogens with zero attached hydrogens (tertiary/aromatic N) is 2. The van der Waals surface area contributed by atoms with Crippen LogP contribution < -0.4 is 11.5 Å². The van der Waals surface area contributed by atoms with Gasteiger partial charge in [0.25, 0.3) is 0 Å². The third-order valence-electron chi connectivity index (χ3n) is 6.95. The van der Waals surface area contributed by atoms with Crippen molar-refractivity contribution in [1.29, 1.82) is 0 Å². The standard InChI is InChI=1S/C25H31N3O4/c1-25(2)20(12-14-31-16-17-7-5-4-6-8-17)19(11-13-28(25)23(26)29)18-9-10-21-22(15-18)32-24(30)27(21)3/h4-10,15,19-20H,11-14,16H2,1-3H3,(H2,26,29). The third kappa shape index (κ3) is 4.17. The molecule has 7 nitrogen and oxygen atoms in total. The second-order valence-corrected chi connectivity index (χ2v) is 9.13. The summed E-state index contributed by atoms with van der Waals surface area (Å²) < 4.78 is 12.9. The molecule has 32 heavy (non-hydrogen) atoms. The van der Waals surface area contributed by atoms with E-state index in [9.17, 15) is 9.59 Å². The number of carbonyl (C=O) groups is 1. The molecule has 3 aromatic rings. The minimum atomic E-state index is -0.433. The number of hydrogen-bond donors (Lipinski definition) is 1. The Hall–Kier alpha value is -3.06. The molecule has 2 amide bonds. The minimum Gasteiger partial charge on any atom is -0.408 e. The SMILES string of the molecule is Cn1c(=O)oc2cc(C3CCN(C(N)=O)C(C)(C)C3CCOCc3ccccc3)ccc21. The lowest BCUT2D eigenvalue weighted by Crippen LogP contribution is -2.59. The monoisotopic (exact) mass is 437 g/mol. The van der Waals surface area contributed by atoms with Gasteiger partial charge in [-0.3, -0.25) is 4.57 Å². The van der Waals surface area contributed by atoms with E-state index in [0.29, 0.717) is 25.3 Å². The van der Waals surface area contributed by atoms with E-state index < -0.39 is 11.6 Å². The van der Waals surface area contributed by atoms with Crippen LogP contribution in [-0.4, -0.2) is 34.2 Å². The summed E-state index contributed by atoms with van der Waals surface area (Å²) in [6, 6.07) is 15.7. The molecule has 7 heteroatoms. The number of oxazole rings is 1. The molecule has 2 aromatic carbocycles. The smallest absolute Gasteiger partial charge is 0.408 e. The van der Waals surface area contributed by atoms with Crippen LogP contribution >= 0.6 is 0 Å². The Labute approximate surface area is 187 Å². The molecule has 2 N–H and O–H groups in total. The van der Waals surface area contributed by atoms with Crippen molar-refractivity contribution in [3.05, 3.63) is 70.2 Å². The zero-order chi connectivity index (χ0) is 22.9. The van der Waals surface area contributed by atoms with Crippen molar-refractivity contribution in [3.63, 3.8) is 0 Å². The molecular formula is C25H31N3O4. The van der Waals surface area contributed by atoms with Crippen LogP contribution in [0.2, 0.25) is 0 Å². The second kappa shape index (κ2) is 8.82. The van der Waals surface area contributed by atoms with Gasteiger partial charge in [-0.15, -0.1) is 0 Å². The van der Waals surface area contributed by atoms with Crippen molar-refractivity contribution in [2.45, 2.75) is 44.8 Å². The highest BCUT2D eigenvalue weighted by molar-refractivity contribution is 5.74. The molecule has 2 atom stereocenters. The van der Waals surface area contributed by atoms with E-state index in [1.165, 1.54) is 4.57 Å². The van der Waals surface area contributed by atoms with Gasteiger partial charge >= 0.3 is 11.8 Å². The van der Waals surface area contributed by atoms with Gasteiger partial charge in [0.15, 0.2) is 5.58 Å². The molecule has 0 saturated carbocycles. The maximum absolute atomic E-state index is 12.2. The number of urea groups is 1. The molecule has 2 unspecified atom stereocenters. The number of nitrogens with two attached hydrogens (primary N) is 1. The number of amides is 2. The van der Waals surface area contributed by atoms with Crippen molar-refractivity contribution in [2.75, 3.05) is 13.2 Å². The number of rotatable bonds is 6. The van der Waals surface area contributed by atoms with Gasteiger partial charge in [0.05, 0.1) is 12.1 Å². The first kappa shape index (κ1) is 22.1. The van der Waals surface area contributed by atoms with Gasteiger partial charge in [-0.05, 0) is 61.8 Å². The largest absolute Gasteiger partial charge is 0.419 e. The van der Waals surface area contributed by atoms with Crippen LogP contribution in [0.4, 0.5) is 4.79 Å². The summed E-state index contributed by atoms with van der Waals surface area (Å²) >= 11 is 0. The predicted molar refractivity (Wildman–Crippen MR) is 123 cm³/mol. The zero-order valence-corrected chi connectivity index (χ0v) is 18.9. The summed E-state index contributed by atoms with van der Waals surface area (Å²) in [5, 5.41) is 0. The van der Waals surface area contributed by atoms with E-state index in [1.54, 1.807) is 11.9 Å². The number of primary amides is 1. The number of likely N-dealkylation sites (tertiary alicyclic amines) is 1. The number of aromatic nitrogens is 1. The molecule has 1 saturated heterocycles. The lowest BCUT2D eigenvalue weighted by molar-refractivity contribution is 0.0143. The molecule has 0 radical (unpaired) electrons. The van der Waals surface area contributed by atoms with Gasteiger partial charge in [-0.1, -0.05) is 36.4 Å². The Morgan fingerprint density at radius 3 is 2.69 bits per heavy atom. The fourth-order valence-electron chi connectivity index (χ4n) is 5.15. The first-order valence-electron chi connectivity index (χ1n) is 11.1. The lowest BCUT2D eigenvalue weighted by atomic mass is 9.68. The predicted octanol–water partition coefficient (Wildman–Crippen LogP) is 4.00. The number of carbonyl (C=O) groups excluding carboxylic acids is 1. The van der Waals surface area contributed by atoms with E-state index in [0.717, 1.165) is 29.5 Å². The number of benzene rings is 2. The summed E-state index contributed by atoms with van der Waals surface area (Å²) in [7, 11) is 1.70. The fraction of sp³-hybridized carbons (Fsp3) is 0.440. The highest BCUT2D eigenvalue weighted by Gasteiger charge is 2.45. The second-order valence-electron chi connectivity index (χ2n) is 9.13. The average molecular weight is 438 g/mol. The number of ether oxygens (including phenoxy) is 1. The van der Waals surface area contributed by atoms with Crippen LogP contribution in [0.15, 0.2) is 57.7 Å². The maximum atomic E-state index is 12.2. The molecule has 170 valence electrons. The molecule has 0 bridgehead atoms. The molecule has 0 aliphatic carbocycles. The van der Waals surface area contributed by atoms with E-state index in [2.05, 4.69) is 19.9 Å². The number of piperidine rings is 1. The van der Waals surface area contributed by atoms with E-state index >= 15 is 0 Å². The Morgan fingerprint density at radius 1 is 1.22 bits per heavy atom. The molecule has 4 rings (SSSR count). The molecule has 1 aromatic heterocycles. The first-order valence-corrected chi connectivity index (χ1v) is 11.1. The Kier molecular flexibility index (Phi) is 6.11. The number of fused-ring (bicyclic) bond motifs is 1. The van der Waals surface area contributed by atoms with Gasteiger partial charge in [0.2, 0.25) is 0 Å². The van der Waals surface area contributed by atoms with Gasteiger partial charge in [-0.2, -0.15) is 0 Å². The molecular weight excluding hydrogens is 406 g/mol. The minimum absolute atomic E-state index is 0.132. The van der Waals surface area contributed by atoms with Crippen LogP contribution in [0.1, 0.15) is 43.7 Å². The fourth-order valence-corrected chi connectivity index (χ4v) is 5.15. The van der Waals surface area contributed by atoms with E-state index in [1.807, 2.05) is 42.5 Å². The van der Waals surface area contributed by atoms with Crippen molar-refractivity contribution in [3.8, 4) is 0 Å². The summed E-state index contributed by atoms with van der Waals surface area (Å²) in [6.07, 6.45) is 1.57. The zero-order valence-electron chi connectivity index (χ0n) is 18.9. The highest BCUT2D eigenvalue weighted by Crippen LogP contribution is 2.45. The topological polar surface area (TPSA) is 90.7 Å². The molecule has 0 spiro atoms. The maximum Gasteiger partial charge on any atom is 0.419 e. The lowest BCUT2D eigenvalue weighted by Gasteiger charge is -2.51. The van der Waals surface area contributed by atoms with Crippen molar-refractivity contribution in [1.82, 2.24) is 9.47 Å². The van der Waals surface area contributed by atoms with Gasteiger partial charge < -0.3 is 19.8 Å². The highest BCUT2D eigenvalue weighted by atomic mass is 16.5. The summed E-state index contributed by atoms with van der Waals surface area (Å²) in [5.74, 6) is -0.0462. The third-order valence-corrected chi connectivity index (χ3v) is 6.95. The summed E-state index contributed by atoms with van der Waals surface area (Å²) in [6.45, 7) is 5.87. The number of hydrogen-bond acceptors (Lipinski definition) is 4. The molecule has 1 aliphatic rings. The normalized spacial score (nSPS) is 20.5. The molecule has 1 fully saturated rings. The summed E-state index contributed by atoms with van der Waals surface area (Å²) in [4.78, 5) is 25.8. The van der Waals surface area contributed by atoms with Crippen LogP contribution in [0.25, 0.3) is 11.1 Å². The Balaban J connectivity index is 1.57. The van der Waals surface area contributed by atoms with Crippen LogP contribution in [0, 0.1) is 5.92 Å². The van der Waals surface area contributed by atoms with E-state index in [-0.39, 0.29) is 17.6 Å². The van der Waals surface area contributed by atoms with E-state index in [4.69, 9.17) is 14.9 Å². The van der Waals surface area contributed by atoms with Crippen LogP contribution in [0.5, 0.6) is 0 Å². The first-order chi connectivity index (χ1) is 15.3. The van der Waals surface area contributed by atoms with Gasteiger partial charge in [-0.25, -0.2) is 9.59 Å². The van der Waals surface area contributed by atoms with Crippen LogP contribution in [-0.2, 0) is 18.4 Å². The average Bonchev–Trinajstić information content (AvgIpc) is 3.05. The Morgan fingerprint density at radius 2 is 1.97 bits per heavy atom. The van der Waals surface area contributed by atoms with Crippen LogP contribution in [0.3, 0.4) is 0 Å². The summed E-state index contributed by atoms with van der Waals surface area (Å²) in [5.41, 5.74) is 8.89. The quantitative estimate of drug-likeness (QED) is 0.590. The van der Waals surface area contributed by atoms with Crippen molar-refractivity contribution < 1.29 is 13.9 Å². The van der Waals surface area contributed by atoms with Crippen molar-refractivity contribution >= 4 is 17.1 Å². The van der Waals surface area contributed by atoms with Gasteiger partial charge in [0, 0.05) is 25.7 Å². The van der Waals surface area contributed by atoms with Gasteiger partial charge in [0.1, 0.15) is 0 Å². The Bertz CT molecular complexity index is 1150. The number of aryl methyl sites for hydroxylation is 1. The molecule has 2 heterocycles. The molecule has 1 aliphatic heterocycles.